The molecule has 0 aliphatic carbocycles. The lowest BCUT2D eigenvalue weighted by Crippen LogP contribution is -2.36. The molecule has 2 saturated heterocycles. The van der Waals surface area contributed by atoms with Gasteiger partial charge in [-0.3, -0.25) is 19.7 Å². The number of carbonyl (C=O) groups excluding carboxylic acids is 2. The molecule has 0 saturated carbocycles. The molecule has 4 aromatic rings. The SMILES string of the molecule is CNCC1(CC=O)CCN(Cc2ncc(-c3cccc(-c4cccc(-c5cnc(CNCC6CCC(=O)N6)c(OC)n5)c4Cl)c3Cl)nc2OC)C1. The number of carbonyl (C=O) groups is 2. The summed E-state index contributed by atoms with van der Waals surface area (Å²) in [5.41, 5.74) is 5.20. The summed E-state index contributed by atoms with van der Waals surface area (Å²) in [5, 5.41) is 10.5. The minimum absolute atomic E-state index is 0.0808. The average molecular weight is 734 g/mol. The maximum absolute atomic E-state index is 11.5. The van der Waals surface area contributed by atoms with Crippen molar-refractivity contribution in [3.05, 3.63) is 70.2 Å². The van der Waals surface area contributed by atoms with Gasteiger partial charge in [0.2, 0.25) is 17.7 Å². The molecule has 4 heterocycles. The molecule has 2 fully saturated rings. The number of ether oxygens (including phenoxy) is 2. The lowest BCUT2D eigenvalue weighted by atomic mass is 9.84. The van der Waals surface area contributed by atoms with Crippen LogP contribution in [0.3, 0.4) is 0 Å². The highest BCUT2D eigenvalue weighted by molar-refractivity contribution is 6.39. The van der Waals surface area contributed by atoms with Crippen molar-refractivity contribution in [2.45, 2.75) is 44.8 Å². The first-order chi connectivity index (χ1) is 24.8. The fourth-order valence-corrected chi connectivity index (χ4v) is 7.64. The Bertz CT molecular complexity index is 1900. The maximum atomic E-state index is 11.5. The summed E-state index contributed by atoms with van der Waals surface area (Å²) in [5.74, 6) is 0.889. The van der Waals surface area contributed by atoms with Crippen LogP contribution in [0.1, 0.15) is 37.1 Å². The summed E-state index contributed by atoms with van der Waals surface area (Å²) < 4.78 is 11.3. The Balaban J connectivity index is 1.22. The monoisotopic (exact) mass is 732 g/mol. The zero-order valence-corrected chi connectivity index (χ0v) is 30.5. The van der Waals surface area contributed by atoms with Gasteiger partial charge < -0.3 is 30.2 Å². The molecule has 2 aromatic heterocycles. The van der Waals surface area contributed by atoms with Gasteiger partial charge in [-0.05, 0) is 26.4 Å². The zero-order chi connectivity index (χ0) is 36.0. The van der Waals surface area contributed by atoms with Gasteiger partial charge in [-0.25, -0.2) is 9.97 Å². The Hall–Kier alpha value is -4.20. The van der Waals surface area contributed by atoms with Gasteiger partial charge in [0.15, 0.2) is 0 Å². The van der Waals surface area contributed by atoms with E-state index in [4.69, 9.17) is 47.6 Å². The lowest BCUT2D eigenvalue weighted by molar-refractivity contribution is -0.119. The molecular formula is C37H42Cl2N8O4. The molecule has 6 rings (SSSR count). The van der Waals surface area contributed by atoms with Crippen LogP contribution in [0.15, 0.2) is 48.8 Å². The molecule has 2 unspecified atom stereocenters. The van der Waals surface area contributed by atoms with Crippen molar-refractivity contribution in [2.24, 2.45) is 5.41 Å². The molecule has 1 amide bonds. The van der Waals surface area contributed by atoms with Crippen LogP contribution in [0, 0.1) is 5.41 Å². The number of nitrogens with zero attached hydrogens (tertiary/aromatic N) is 5. The van der Waals surface area contributed by atoms with E-state index in [-0.39, 0.29) is 17.4 Å². The zero-order valence-electron chi connectivity index (χ0n) is 29.0. The molecule has 14 heteroatoms. The third-order valence-electron chi connectivity index (χ3n) is 9.58. The molecule has 0 bridgehead atoms. The Kier molecular flexibility index (Phi) is 11.8. The average Bonchev–Trinajstić information content (AvgIpc) is 3.74. The molecule has 268 valence electrons. The summed E-state index contributed by atoms with van der Waals surface area (Å²) in [7, 11) is 5.06. The summed E-state index contributed by atoms with van der Waals surface area (Å²) in [6.45, 7) is 4.05. The molecule has 2 aliphatic heterocycles. The van der Waals surface area contributed by atoms with Gasteiger partial charge in [0.05, 0.1) is 48.0 Å². The number of methoxy groups -OCH3 is 2. The summed E-state index contributed by atoms with van der Waals surface area (Å²) >= 11 is 14.2. The molecule has 0 spiro atoms. The second kappa shape index (κ2) is 16.4. The number of benzene rings is 2. The first-order valence-corrected chi connectivity index (χ1v) is 17.7. The van der Waals surface area contributed by atoms with E-state index in [1.165, 1.54) is 0 Å². The number of aldehydes is 1. The van der Waals surface area contributed by atoms with Crippen LogP contribution < -0.4 is 25.4 Å². The number of nitrogens with one attached hydrogen (secondary N) is 3. The molecule has 2 aromatic carbocycles. The standard InChI is InChI=1S/C37H42Cl2N8O4/c1-40-21-37(13-15-48)12-14-47(22-37)20-31-36(51-3)46-29(19-43-31)27-9-5-7-25(34(27)39)24-6-4-8-26(33(24)38)28-18-42-30(35(45-28)50-2)17-41-16-23-10-11-32(49)44-23/h4-9,15,18-19,23,40-41H,10-14,16-17,20-22H2,1-3H3,(H,44,49). The number of rotatable bonds is 15. The summed E-state index contributed by atoms with van der Waals surface area (Å²) in [6.07, 6.45) is 7.22. The normalized spacial score (nSPS) is 18.9. The van der Waals surface area contributed by atoms with Crippen molar-refractivity contribution in [1.82, 2.24) is 40.8 Å². The Morgan fingerprint density at radius 1 is 0.961 bits per heavy atom. The minimum atomic E-state index is -0.0834. The van der Waals surface area contributed by atoms with E-state index in [1.54, 1.807) is 26.6 Å². The van der Waals surface area contributed by atoms with Crippen molar-refractivity contribution < 1.29 is 19.1 Å². The Morgan fingerprint density at radius 2 is 1.57 bits per heavy atom. The van der Waals surface area contributed by atoms with E-state index in [2.05, 4.69) is 25.8 Å². The van der Waals surface area contributed by atoms with Gasteiger partial charge in [0.25, 0.3) is 0 Å². The highest BCUT2D eigenvalue weighted by Gasteiger charge is 2.37. The van der Waals surface area contributed by atoms with Crippen molar-refractivity contribution in [2.75, 3.05) is 47.4 Å². The van der Waals surface area contributed by atoms with Crippen LogP contribution in [0.4, 0.5) is 0 Å². The van der Waals surface area contributed by atoms with E-state index >= 15 is 0 Å². The van der Waals surface area contributed by atoms with Gasteiger partial charge in [-0.15, -0.1) is 0 Å². The van der Waals surface area contributed by atoms with E-state index in [9.17, 15) is 9.59 Å². The molecule has 3 N–H and O–H groups in total. The lowest BCUT2D eigenvalue weighted by Gasteiger charge is -2.27. The van der Waals surface area contributed by atoms with Crippen molar-refractivity contribution >= 4 is 35.4 Å². The highest BCUT2D eigenvalue weighted by atomic mass is 35.5. The van der Waals surface area contributed by atoms with E-state index in [0.717, 1.165) is 55.6 Å². The predicted molar refractivity (Wildman–Crippen MR) is 197 cm³/mol. The minimum Gasteiger partial charge on any atom is -0.480 e. The molecule has 0 radical (unpaired) electrons. The Morgan fingerprint density at radius 3 is 2.14 bits per heavy atom. The molecule has 2 atom stereocenters. The quantitative estimate of drug-likeness (QED) is 0.143. The fourth-order valence-electron chi connectivity index (χ4n) is 6.99. The summed E-state index contributed by atoms with van der Waals surface area (Å²) in [4.78, 5) is 44.1. The van der Waals surface area contributed by atoms with E-state index in [0.29, 0.717) is 82.5 Å². The second-order valence-electron chi connectivity index (χ2n) is 13.1. The van der Waals surface area contributed by atoms with E-state index in [1.807, 2.05) is 43.4 Å². The fraction of sp³-hybridized carbons (Fsp3) is 0.405. The topological polar surface area (TPSA) is 143 Å². The number of hydrogen-bond acceptors (Lipinski definition) is 11. The number of halogens is 2. The van der Waals surface area contributed by atoms with Crippen molar-refractivity contribution in [3.8, 4) is 45.4 Å². The predicted octanol–water partition coefficient (Wildman–Crippen LogP) is 4.96. The first-order valence-electron chi connectivity index (χ1n) is 17.0. The Labute approximate surface area is 307 Å². The number of amides is 1. The molecule has 51 heavy (non-hydrogen) atoms. The van der Waals surface area contributed by atoms with Crippen LogP contribution in [-0.4, -0.2) is 90.5 Å². The highest BCUT2D eigenvalue weighted by Crippen LogP contribution is 2.42. The van der Waals surface area contributed by atoms with Crippen LogP contribution in [0.5, 0.6) is 11.8 Å². The molecular weight excluding hydrogens is 691 g/mol. The van der Waals surface area contributed by atoms with Gasteiger partial charge in [0.1, 0.15) is 17.7 Å². The van der Waals surface area contributed by atoms with E-state index < -0.39 is 0 Å². The van der Waals surface area contributed by atoms with Crippen LogP contribution in [-0.2, 0) is 22.7 Å². The van der Waals surface area contributed by atoms with Crippen molar-refractivity contribution in [1.29, 1.82) is 0 Å². The number of aromatic nitrogens is 4. The second-order valence-corrected chi connectivity index (χ2v) is 13.8. The third kappa shape index (κ3) is 8.15. The molecule has 12 nitrogen and oxygen atoms in total. The first kappa shape index (κ1) is 36.6. The summed E-state index contributed by atoms with van der Waals surface area (Å²) in [6, 6.07) is 11.5. The van der Waals surface area contributed by atoms with Crippen LogP contribution in [0.25, 0.3) is 33.6 Å². The maximum Gasteiger partial charge on any atom is 0.237 e. The largest absolute Gasteiger partial charge is 0.480 e. The molecule has 2 aliphatic rings. The van der Waals surface area contributed by atoms with Crippen LogP contribution >= 0.6 is 23.2 Å². The van der Waals surface area contributed by atoms with Gasteiger partial charge in [-0.2, -0.15) is 0 Å². The van der Waals surface area contributed by atoms with Gasteiger partial charge in [-0.1, -0.05) is 59.6 Å². The van der Waals surface area contributed by atoms with Gasteiger partial charge in [0, 0.05) is 79.3 Å². The smallest absolute Gasteiger partial charge is 0.237 e. The van der Waals surface area contributed by atoms with Gasteiger partial charge >= 0.3 is 0 Å². The van der Waals surface area contributed by atoms with Crippen molar-refractivity contribution in [3.63, 3.8) is 0 Å². The number of likely N-dealkylation sites (tertiary alicyclic amines) is 1. The third-order valence-corrected chi connectivity index (χ3v) is 10.4. The number of hydrogen-bond donors (Lipinski definition) is 3. The van der Waals surface area contributed by atoms with Crippen LogP contribution in [0.2, 0.25) is 10.0 Å².